The number of carbonyl (C=O) groups is 1. The molecule has 1 aromatic carbocycles. The van der Waals surface area contributed by atoms with Crippen molar-refractivity contribution in [1.82, 2.24) is 10.2 Å². The minimum atomic E-state index is -0.527. The van der Waals surface area contributed by atoms with Crippen molar-refractivity contribution >= 4 is 11.7 Å². The number of amides is 2. The summed E-state index contributed by atoms with van der Waals surface area (Å²) in [6.07, 6.45) is 3.91. The molecule has 3 atom stereocenters. The number of nitrogens with zero attached hydrogens (tertiary/aromatic N) is 1. The van der Waals surface area contributed by atoms with Crippen LogP contribution in [-0.2, 0) is 0 Å². The lowest BCUT2D eigenvalue weighted by Gasteiger charge is -2.25. The van der Waals surface area contributed by atoms with E-state index in [1.807, 2.05) is 24.3 Å². The first-order valence-corrected chi connectivity index (χ1v) is 7.80. The van der Waals surface area contributed by atoms with Crippen LogP contribution in [0.4, 0.5) is 10.5 Å². The molecule has 3 unspecified atom stereocenters. The number of nitrogens with one attached hydrogen (secondary N) is 2. The molecular formula is C16H24N4O. The average molecular weight is 288 g/mol. The zero-order valence-electron chi connectivity index (χ0n) is 12.5. The highest BCUT2D eigenvalue weighted by Gasteiger charge is 2.37. The van der Waals surface area contributed by atoms with Gasteiger partial charge in [0.2, 0.25) is 0 Å². The maximum atomic E-state index is 10.8. The van der Waals surface area contributed by atoms with Crippen molar-refractivity contribution in [2.75, 3.05) is 18.4 Å². The molecule has 1 aromatic rings. The normalized spacial score (nSPS) is 26.5. The number of primary amides is 1. The Morgan fingerprint density at radius 2 is 2.05 bits per heavy atom. The molecule has 2 saturated heterocycles. The fraction of sp³-hybridized carbons (Fsp3) is 0.562. The quantitative estimate of drug-likeness (QED) is 0.794. The van der Waals surface area contributed by atoms with Crippen LogP contribution in [0.1, 0.15) is 37.8 Å². The molecule has 3 rings (SSSR count). The molecule has 2 heterocycles. The minimum Gasteiger partial charge on any atom is -0.351 e. The van der Waals surface area contributed by atoms with Gasteiger partial charge in [-0.15, -0.1) is 0 Å². The molecule has 114 valence electrons. The molecule has 2 amide bonds. The third-order valence-corrected chi connectivity index (χ3v) is 4.75. The molecule has 5 heteroatoms. The van der Waals surface area contributed by atoms with E-state index in [-0.39, 0.29) is 0 Å². The van der Waals surface area contributed by atoms with Gasteiger partial charge in [-0.1, -0.05) is 12.1 Å². The van der Waals surface area contributed by atoms with Gasteiger partial charge in [-0.3, -0.25) is 4.90 Å². The van der Waals surface area contributed by atoms with Gasteiger partial charge in [-0.2, -0.15) is 0 Å². The molecule has 0 aliphatic carbocycles. The summed E-state index contributed by atoms with van der Waals surface area (Å²) in [7, 11) is 0. The number of anilines is 1. The van der Waals surface area contributed by atoms with Crippen LogP contribution in [0.25, 0.3) is 0 Å². The van der Waals surface area contributed by atoms with Crippen LogP contribution in [0.2, 0.25) is 0 Å². The number of fused-ring (bicyclic) bond motifs is 1. The van der Waals surface area contributed by atoms with Gasteiger partial charge >= 0.3 is 6.03 Å². The van der Waals surface area contributed by atoms with E-state index in [1.54, 1.807) is 0 Å². The van der Waals surface area contributed by atoms with E-state index in [0.29, 0.717) is 12.1 Å². The number of urea groups is 1. The summed E-state index contributed by atoms with van der Waals surface area (Å²) >= 11 is 0. The van der Waals surface area contributed by atoms with Crippen molar-refractivity contribution in [3.63, 3.8) is 0 Å². The maximum Gasteiger partial charge on any atom is 0.316 e. The first-order chi connectivity index (χ1) is 10.1. The van der Waals surface area contributed by atoms with Gasteiger partial charge in [0.05, 0.1) is 0 Å². The predicted octanol–water partition coefficient (Wildman–Crippen LogP) is 2.06. The lowest BCUT2D eigenvalue weighted by molar-refractivity contribution is 0.259. The number of carbonyl (C=O) groups excluding carboxylic acids is 1. The number of hydrogen-bond acceptors (Lipinski definition) is 3. The van der Waals surface area contributed by atoms with Crippen LogP contribution >= 0.6 is 0 Å². The molecule has 0 radical (unpaired) electrons. The summed E-state index contributed by atoms with van der Waals surface area (Å²) in [5, 5.41) is 6.36. The Hall–Kier alpha value is -1.59. The molecule has 0 aromatic heterocycles. The zero-order chi connectivity index (χ0) is 14.8. The van der Waals surface area contributed by atoms with Gasteiger partial charge in [0.1, 0.15) is 0 Å². The topological polar surface area (TPSA) is 70.4 Å². The number of benzene rings is 1. The third-order valence-electron chi connectivity index (χ3n) is 4.75. The van der Waals surface area contributed by atoms with Crippen molar-refractivity contribution < 1.29 is 4.79 Å². The standard InChI is InChI=1S/C16H24N4O/c1-11(12-4-6-13(7-5-12)19-16(17)21)18-14-8-10-20-9-2-3-15(14)20/h4-7,11,14-15,18H,2-3,8-10H2,1H3,(H3,17,19,21). The van der Waals surface area contributed by atoms with E-state index >= 15 is 0 Å². The van der Waals surface area contributed by atoms with Crippen LogP contribution in [0.5, 0.6) is 0 Å². The molecular weight excluding hydrogens is 264 g/mol. The number of hydrogen-bond donors (Lipinski definition) is 3. The zero-order valence-corrected chi connectivity index (χ0v) is 12.5. The monoisotopic (exact) mass is 288 g/mol. The first kappa shape index (κ1) is 14.4. The predicted molar refractivity (Wildman–Crippen MR) is 84.2 cm³/mol. The summed E-state index contributed by atoms with van der Waals surface area (Å²) in [4.78, 5) is 13.4. The van der Waals surface area contributed by atoms with Gasteiger partial charge < -0.3 is 16.4 Å². The molecule has 0 bridgehead atoms. The second-order valence-electron chi connectivity index (χ2n) is 6.14. The molecule has 2 aliphatic rings. The minimum absolute atomic E-state index is 0.318. The molecule has 21 heavy (non-hydrogen) atoms. The summed E-state index contributed by atoms with van der Waals surface area (Å²) in [6, 6.07) is 9.01. The summed E-state index contributed by atoms with van der Waals surface area (Å²) < 4.78 is 0. The largest absolute Gasteiger partial charge is 0.351 e. The fourth-order valence-corrected chi connectivity index (χ4v) is 3.69. The summed E-state index contributed by atoms with van der Waals surface area (Å²) in [5.41, 5.74) is 7.09. The van der Waals surface area contributed by atoms with Crippen molar-refractivity contribution in [3.05, 3.63) is 29.8 Å². The van der Waals surface area contributed by atoms with Gasteiger partial charge in [-0.25, -0.2) is 4.79 Å². The van der Waals surface area contributed by atoms with E-state index in [9.17, 15) is 4.79 Å². The highest BCUT2D eigenvalue weighted by Crippen LogP contribution is 2.29. The van der Waals surface area contributed by atoms with Crippen LogP contribution in [0.15, 0.2) is 24.3 Å². The van der Waals surface area contributed by atoms with E-state index in [1.165, 1.54) is 37.9 Å². The smallest absolute Gasteiger partial charge is 0.316 e. The van der Waals surface area contributed by atoms with Gasteiger partial charge in [0.15, 0.2) is 0 Å². The Morgan fingerprint density at radius 3 is 2.76 bits per heavy atom. The Balaban J connectivity index is 1.60. The molecule has 5 nitrogen and oxygen atoms in total. The Labute approximate surface area is 125 Å². The van der Waals surface area contributed by atoms with Crippen LogP contribution in [0, 0.1) is 0 Å². The summed E-state index contributed by atoms with van der Waals surface area (Å²) in [6.45, 7) is 4.70. The van der Waals surface area contributed by atoms with Crippen LogP contribution in [-0.4, -0.2) is 36.1 Å². The molecule has 2 aliphatic heterocycles. The lowest BCUT2D eigenvalue weighted by Crippen LogP contribution is -2.40. The van der Waals surface area contributed by atoms with Gasteiger partial charge in [0, 0.05) is 30.4 Å². The van der Waals surface area contributed by atoms with Gasteiger partial charge in [-0.05, 0) is 50.4 Å². The van der Waals surface area contributed by atoms with Crippen molar-refractivity contribution in [1.29, 1.82) is 0 Å². The summed E-state index contributed by atoms with van der Waals surface area (Å²) in [5.74, 6) is 0. The average Bonchev–Trinajstić information content (AvgIpc) is 3.04. The Morgan fingerprint density at radius 1 is 1.29 bits per heavy atom. The number of nitrogens with two attached hydrogens (primary N) is 1. The second kappa shape index (κ2) is 6.03. The van der Waals surface area contributed by atoms with Gasteiger partial charge in [0.25, 0.3) is 0 Å². The first-order valence-electron chi connectivity index (χ1n) is 7.80. The van der Waals surface area contributed by atoms with E-state index in [0.717, 1.165) is 11.7 Å². The SMILES string of the molecule is CC(NC1CCN2CCCC12)c1ccc(NC(N)=O)cc1. The van der Waals surface area contributed by atoms with E-state index < -0.39 is 6.03 Å². The Bertz CT molecular complexity index is 502. The number of rotatable bonds is 4. The van der Waals surface area contributed by atoms with Crippen molar-refractivity contribution in [2.24, 2.45) is 5.73 Å². The highest BCUT2D eigenvalue weighted by molar-refractivity contribution is 5.87. The lowest BCUT2D eigenvalue weighted by atomic mass is 10.0. The maximum absolute atomic E-state index is 10.8. The van der Waals surface area contributed by atoms with E-state index in [4.69, 9.17) is 5.73 Å². The molecule has 2 fully saturated rings. The molecule has 4 N–H and O–H groups in total. The van der Waals surface area contributed by atoms with E-state index in [2.05, 4.69) is 22.5 Å². The Kier molecular flexibility index (Phi) is 4.12. The van der Waals surface area contributed by atoms with Crippen molar-refractivity contribution in [3.8, 4) is 0 Å². The highest BCUT2D eigenvalue weighted by atomic mass is 16.2. The molecule has 0 saturated carbocycles. The third kappa shape index (κ3) is 3.19. The fourth-order valence-electron chi connectivity index (χ4n) is 3.69. The van der Waals surface area contributed by atoms with Crippen molar-refractivity contribution in [2.45, 2.75) is 44.3 Å². The van der Waals surface area contributed by atoms with Crippen LogP contribution < -0.4 is 16.4 Å². The second-order valence-corrected chi connectivity index (χ2v) is 6.14. The van der Waals surface area contributed by atoms with Crippen LogP contribution in [0.3, 0.4) is 0 Å². The molecule has 0 spiro atoms.